The molecule has 3 rings (SSSR count). The van der Waals surface area contributed by atoms with Crippen molar-refractivity contribution in [1.82, 2.24) is 4.90 Å². The maximum atomic E-state index is 11.9. The fraction of sp³-hybridized carbons (Fsp3) is 0.412. The fourth-order valence-corrected chi connectivity index (χ4v) is 3.00. The molecule has 1 aromatic heterocycles. The van der Waals surface area contributed by atoms with Gasteiger partial charge in [0, 0.05) is 32.7 Å². The van der Waals surface area contributed by atoms with Crippen molar-refractivity contribution in [2.75, 3.05) is 26.8 Å². The van der Waals surface area contributed by atoms with Crippen molar-refractivity contribution in [3.05, 3.63) is 46.3 Å². The Hall–Kier alpha value is -2.14. The molecule has 5 heteroatoms. The number of nitrogens with zero attached hydrogens (tertiary/aromatic N) is 1. The Labute approximate surface area is 128 Å². The van der Waals surface area contributed by atoms with Crippen LogP contribution in [0.3, 0.4) is 0 Å². The average molecular weight is 301 g/mol. The monoisotopic (exact) mass is 301 g/mol. The molecule has 0 N–H and O–H groups in total. The van der Waals surface area contributed by atoms with E-state index in [1.165, 1.54) is 12.3 Å². The van der Waals surface area contributed by atoms with Gasteiger partial charge in [-0.3, -0.25) is 9.59 Å². The number of hydrogen-bond donors (Lipinski definition) is 0. The van der Waals surface area contributed by atoms with Gasteiger partial charge >= 0.3 is 0 Å². The van der Waals surface area contributed by atoms with Crippen LogP contribution in [-0.4, -0.2) is 37.6 Å². The molecule has 2 heterocycles. The highest BCUT2D eigenvalue weighted by Crippen LogP contribution is 2.23. The summed E-state index contributed by atoms with van der Waals surface area (Å²) in [6.07, 6.45) is 2.80. The van der Waals surface area contributed by atoms with Crippen molar-refractivity contribution in [2.45, 2.75) is 12.8 Å². The number of hydrogen-bond acceptors (Lipinski definition) is 4. The van der Waals surface area contributed by atoms with E-state index < -0.39 is 0 Å². The van der Waals surface area contributed by atoms with Gasteiger partial charge in [0.1, 0.15) is 5.58 Å². The van der Waals surface area contributed by atoms with E-state index in [0.29, 0.717) is 36.5 Å². The maximum Gasteiger partial charge on any atom is 0.223 e. The van der Waals surface area contributed by atoms with E-state index in [1.54, 1.807) is 13.2 Å². The Morgan fingerprint density at radius 2 is 2.18 bits per heavy atom. The van der Waals surface area contributed by atoms with Crippen LogP contribution in [0.25, 0.3) is 11.0 Å². The first kappa shape index (κ1) is 14.8. The summed E-state index contributed by atoms with van der Waals surface area (Å²) < 4.78 is 10.4. The molecular formula is C17H19NO4. The van der Waals surface area contributed by atoms with Crippen LogP contribution in [0.15, 0.2) is 39.7 Å². The van der Waals surface area contributed by atoms with Crippen LogP contribution in [0.5, 0.6) is 0 Å². The lowest BCUT2D eigenvalue weighted by Gasteiger charge is -2.16. The molecule has 5 nitrogen and oxygen atoms in total. The average Bonchev–Trinajstić information content (AvgIpc) is 2.85. The Morgan fingerprint density at radius 1 is 1.32 bits per heavy atom. The first-order valence-electron chi connectivity index (χ1n) is 7.44. The van der Waals surface area contributed by atoms with Gasteiger partial charge in [-0.2, -0.15) is 0 Å². The van der Waals surface area contributed by atoms with Gasteiger partial charge in [-0.1, -0.05) is 6.07 Å². The predicted molar refractivity (Wildman–Crippen MR) is 82.8 cm³/mol. The molecule has 1 atom stereocenters. The second kappa shape index (κ2) is 6.32. The number of carbonyl (C=O) groups is 1. The normalized spacial score (nSPS) is 18.3. The van der Waals surface area contributed by atoms with Crippen LogP contribution in [0.1, 0.15) is 12.0 Å². The number of amides is 1. The van der Waals surface area contributed by atoms with E-state index in [0.717, 1.165) is 18.5 Å². The molecule has 0 bridgehead atoms. The molecule has 1 amide bonds. The standard InChI is InChI=1S/C17H19NO4/c1-21-7-5-18-11-13(10-17(18)20)8-12-2-3-14-15(19)4-6-22-16(14)9-12/h2-4,6,9,13H,5,7-8,10-11H2,1H3/t13-/m0/s1. The van der Waals surface area contributed by atoms with E-state index in [4.69, 9.17) is 9.15 Å². The van der Waals surface area contributed by atoms with Crippen LogP contribution in [0.2, 0.25) is 0 Å². The summed E-state index contributed by atoms with van der Waals surface area (Å²) in [4.78, 5) is 25.5. The second-order valence-electron chi connectivity index (χ2n) is 5.72. The highest BCUT2D eigenvalue weighted by Gasteiger charge is 2.29. The minimum atomic E-state index is -0.0328. The molecule has 1 aliphatic rings. The van der Waals surface area contributed by atoms with Crippen molar-refractivity contribution in [3.8, 4) is 0 Å². The van der Waals surface area contributed by atoms with Crippen molar-refractivity contribution in [3.63, 3.8) is 0 Å². The van der Waals surface area contributed by atoms with E-state index in [-0.39, 0.29) is 11.3 Å². The fourth-order valence-electron chi connectivity index (χ4n) is 3.00. The zero-order chi connectivity index (χ0) is 15.5. The number of benzene rings is 1. The summed E-state index contributed by atoms with van der Waals surface area (Å²) in [5.41, 5.74) is 1.66. The lowest BCUT2D eigenvalue weighted by molar-refractivity contribution is -0.128. The molecule has 0 radical (unpaired) electrons. The van der Waals surface area contributed by atoms with Gasteiger partial charge in [-0.25, -0.2) is 0 Å². The number of rotatable bonds is 5. The van der Waals surface area contributed by atoms with Crippen LogP contribution in [0.4, 0.5) is 0 Å². The van der Waals surface area contributed by atoms with Gasteiger partial charge in [0.05, 0.1) is 18.3 Å². The lowest BCUT2D eigenvalue weighted by atomic mass is 9.98. The van der Waals surface area contributed by atoms with Crippen molar-refractivity contribution < 1.29 is 13.9 Å². The van der Waals surface area contributed by atoms with E-state index >= 15 is 0 Å². The van der Waals surface area contributed by atoms with Gasteiger partial charge in [-0.05, 0) is 30.0 Å². The summed E-state index contributed by atoms with van der Waals surface area (Å²) in [6, 6.07) is 7.07. The Morgan fingerprint density at radius 3 is 3.00 bits per heavy atom. The van der Waals surface area contributed by atoms with E-state index in [1.807, 2.05) is 17.0 Å². The molecule has 1 saturated heterocycles. The first-order chi connectivity index (χ1) is 10.7. The third-order valence-electron chi connectivity index (χ3n) is 4.11. The van der Waals surface area contributed by atoms with Crippen LogP contribution in [-0.2, 0) is 16.0 Å². The maximum absolute atomic E-state index is 11.9. The Balaban J connectivity index is 1.71. The van der Waals surface area contributed by atoms with E-state index in [9.17, 15) is 9.59 Å². The molecule has 1 aromatic carbocycles. The third kappa shape index (κ3) is 3.04. The van der Waals surface area contributed by atoms with Crippen LogP contribution in [0, 0.1) is 5.92 Å². The van der Waals surface area contributed by atoms with Crippen LogP contribution < -0.4 is 5.43 Å². The quantitative estimate of drug-likeness (QED) is 0.845. The molecule has 0 saturated carbocycles. The highest BCUT2D eigenvalue weighted by atomic mass is 16.5. The minimum Gasteiger partial charge on any atom is -0.464 e. The predicted octanol–water partition coefficient (Wildman–Crippen LogP) is 1.83. The van der Waals surface area contributed by atoms with Crippen molar-refractivity contribution in [2.24, 2.45) is 5.92 Å². The molecule has 2 aromatic rings. The van der Waals surface area contributed by atoms with Gasteiger partial charge in [0.2, 0.25) is 5.91 Å². The largest absolute Gasteiger partial charge is 0.464 e. The SMILES string of the molecule is COCCN1C[C@@H](Cc2ccc3c(=O)ccoc3c2)CC1=O. The molecule has 0 spiro atoms. The Bertz CT molecular complexity index is 737. The highest BCUT2D eigenvalue weighted by molar-refractivity contribution is 5.79. The molecule has 1 aliphatic heterocycles. The van der Waals surface area contributed by atoms with Gasteiger partial charge in [0.25, 0.3) is 0 Å². The lowest BCUT2D eigenvalue weighted by Crippen LogP contribution is -2.28. The number of likely N-dealkylation sites (tertiary alicyclic amines) is 1. The summed E-state index contributed by atoms with van der Waals surface area (Å²) in [5, 5.41) is 0.593. The minimum absolute atomic E-state index is 0.0328. The molecule has 116 valence electrons. The number of fused-ring (bicyclic) bond motifs is 1. The Kier molecular flexibility index (Phi) is 4.24. The zero-order valence-electron chi connectivity index (χ0n) is 12.6. The van der Waals surface area contributed by atoms with E-state index in [2.05, 4.69) is 0 Å². The smallest absolute Gasteiger partial charge is 0.223 e. The van der Waals surface area contributed by atoms with Crippen LogP contribution >= 0.6 is 0 Å². The third-order valence-corrected chi connectivity index (χ3v) is 4.11. The summed E-state index contributed by atoms with van der Waals surface area (Å²) >= 11 is 0. The van der Waals surface area contributed by atoms with Crippen molar-refractivity contribution >= 4 is 16.9 Å². The number of methoxy groups -OCH3 is 1. The summed E-state index contributed by atoms with van der Waals surface area (Å²) in [7, 11) is 1.64. The van der Waals surface area contributed by atoms with Gasteiger partial charge < -0.3 is 14.1 Å². The van der Waals surface area contributed by atoms with Gasteiger partial charge in [0.15, 0.2) is 5.43 Å². The molecule has 0 aliphatic carbocycles. The molecular weight excluding hydrogens is 282 g/mol. The topological polar surface area (TPSA) is 59.8 Å². The van der Waals surface area contributed by atoms with Crippen molar-refractivity contribution in [1.29, 1.82) is 0 Å². The number of ether oxygens (including phenoxy) is 1. The summed E-state index contributed by atoms with van der Waals surface area (Å²) in [5.74, 6) is 0.492. The number of carbonyl (C=O) groups excluding carboxylic acids is 1. The van der Waals surface area contributed by atoms with Gasteiger partial charge in [-0.15, -0.1) is 0 Å². The molecule has 1 fully saturated rings. The zero-order valence-corrected chi connectivity index (χ0v) is 12.6. The first-order valence-corrected chi connectivity index (χ1v) is 7.44. The molecule has 0 unspecified atom stereocenters. The summed E-state index contributed by atoms with van der Waals surface area (Å²) in [6.45, 7) is 1.98. The second-order valence-corrected chi connectivity index (χ2v) is 5.72. The molecule has 22 heavy (non-hydrogen) atoms.